The van der Waals surface area contributed by atoms with Crippen LogP contribution in [0.3, 0.4) is 0 Å². The maximum Gasteiger partial charge on any atom is 0.323 e. The Morgan fingerprint density at radius 1 is 1.26 bits per heavy atom. The van der Waals surface area contributed by atoms with Crippen molar-refractivity contribution in [2.24, 2.45) is 0 Å². The van der Waals surface area contributed by atoms with E-state index in [1.165, 1.54) is 4.90 Å². The Morgan fingerprint density at radius 3 is 2.48 bits per heavy atom. The van der Waals surface area contributed by atoms with Gasteiger partial charge in [0.2, 0.25) is 5.91 Å². The third-order valence-corrected chi connectivity index (χ3v) is 3.30. The summed E-state index contributed by atoms with van der Waals surface area (Å²) in [6, 6.07) is 8.62. The molecule has 0 fully saturated rings. The van der Waals surface area contributed by atoms with E-state index in [0.29, 0.717) is 12.2 Å². The lowest BCUT2D eigenvalue weighted by atomic mass is 10.2. The molecule has 0 aromatic heterocycles. The van der Waals surface area contributed by atoms with Crippen molar-refractivity contribution in [1.29, 1.82) is 0 Å². The highest BCUT2D eigenvalue weighted by Gasteiger charge is 2.21. The van der Waals surface area contributed by atoms with E-state index >= 15 is 0 Å². The van der Waals surface area contributed by atoms with Crippen LogP contribution in [-0.4, -0.2) is 53.5 Å². The number of amides is 2. The van der Waals surface area contributed by atoms with Gasteiger partial charge < -0.3 is 20.1 Å². The van der Waals surface area contributed by atoms with Crippen molar-refractivity contribution in [2.75, 3.05) is 19.7 Å². The van der Waals surface area contributed by atoms with Gasteiger partial charge in [-0.3, -0.25) is 14.4 Å². The van der Waals surface area contributed by atoms with Gasteiger partial charge in [0.15, 0.2) is 6.61 Å². The summed E-state index contributed by atoms with van der Waals surface area (Å²) in [6.45, 7) is 2.78. The molecule has 2 N–H and O–H groups in total. The second kappa shape index (κ2) is 9.45. The molecule has 7 nitrogen and oxygen atoms in total. The van der Waals surface area contributed by atoms with Crippen LogP contribution in [0.1, 0.15) is 20.3 Å². The van der Waals surface area contributed by atoms with Crippen LogP contribution in [-0.2, 0) is 14.4 Å². The Hall–Kier alpha value is -2.57. The van der Waals surface area contributed by atoms with Crippen LogP contribution in [0.5, 0.6) is 5.75 Å². The Balaban J connectivity index is 2.43. The predicted octanol–water partition coefficient (Wildman–Crippen LogP) is 0.893. The molecule has 2 amide bonds. The molecule has 0 saturated carbocycles. The van der Waals surface area contributed by atoms with Crippen molar-refractivity contribution in [1.82, 2.24) is 10.2 Å². The minimum absolute atomic E-state index is 0.209. The minimum Gasteiger partial charge on any atom is -0.484 e. The molecule has 0 radical (unpaired) electrons. The van der Waals surface area contributed by atoms with Gasteiger partial charge in [0.1, 0.15) is 12.3 Å². The van der Waals surface area contributed by atoms with Gasteiger partial charge in [-0.2, -0.15) is 0 Å². The van der Waals surface area contributed by atoms with Crippen LogP contribution in [0, 0.1) is 0 Å². The number of rotatable bonds is 9. The molecule has 1 aromatic carbocycles. The van der Waals surface area contributed by atoms with E-state index in [4.69, 9.17) is 9.84 Å². The van der Waals surface area contributed by atoms with Crippen LogP contribution < -0.4 is 10.1 Å². The van der Waals surface area contributed by atoms with E-state index in [2.05, 4.69) is 5.32 Å². The third-order valence-electron chi connectivity index (χ3n) is 3.30. The number of para-hydroxylation sites is 1. The molecule has 0 bridgehead atoms. The number of carbonyl (C=O) groups is 3. The Bertz CT molecular complexity index is 533. The molecule has 0 aliphatic carbocycles. The molecular formula is C16H22N2O5. The molecule has 1 rings (SSSR count). The highest BCUT2D eigenvalue weighted by molar-refractivity contribution is 5.87. The van der Waals surface area contributed by atoms with Crippen molar-refractivity contribution >= 4 is 17.8 Å². The van der Waals surface area contributed by atoms with Crippen molar-refractivity contribution < 1.29 is 24.2 Å². The molecular weight excluding hydrogens is 300 g/mol. The number of carboxylic acid groups (broad SMARTS) is 1. The summed E-state index contributed by atoms with van der Waals surface area (Å²) in [6.07, 6.45) is 0.629. The van der Waals surface area contributed by atoms with Crippen LogP contribution in [0.25, 0.3) is 0 Å². The molecule has 0 spiro atoms. The fourth-order valence-electron chi connectivity index (χ4n) is 1.85. The highest BCUT2D eigenvalue weighted by Crippen LogP contribution is 2.07. The maximum atomic E-state index is 12.1. The first-order chi connectivity index (χ1) is 10.9. The van der Waals surface area contributed by atoms with Gasteiger partial charge in [-0.1, -0.05) is 25.1 Å². The highest BCUT2D eigenvalue weighted by atomic mass is 16.5. The summed E-state index contributed by atoms with van der Waals surface area (Å²) in [5.41, 5.74) is 0. The van der Waals surface area contributed by atoms with E-state index in [1.54, 1.807) is 31.2 Å². The predicted molar refractivity (Wildman–Crippen MR) is 84.0 cm³/mol. The summed E-state index contributed by atoms with van der Waals surface area (Å²) in [5, 5.41) is 11.3. The van der Waals surface area contributed by atoms with Gasteiger partial charge >= 0.3 is 5.97 Å². The molecule has 1 unspecified atom stereocenters. The molecule has 126 valence electrons. The lowest BCUT2D eigenvalue weighted by molar-refractivity contribution is -0.146. The molecule has 23 heavy (non-hydrogen) atoms. The van der Waals surface area contributed by atoms with Gasteiger partial charge in [-0.15, -0.1) is 0 Å². The zero-order valence-electron chi connectivity index (χ0n) is 13.3. The number of benzene rings is 1. The van der Waals surface area contributed by atoms with Crippen molar-refractivity contribution in [3.8, 4) is 5.75 Å². The SMILES string of the molecule is CCC(C)N(CC(=O)O)C(=O)CNC(=O)COc1ccccc1. The lowest BCUT2D eigenvalue weighted by Crippen LogP contribution is -2.47. The lowest BCUT2D eigenvalue weighted by Gasteiger charge is -2.27. The van der Waals surface area contributed by atoms with Crippen LogP contribution in [0.15, 0.2) is 30.3 Å². The van der Waals surface area contributed by atoms with Gasteiger partial charge in [0.25, 0.3) is 5.91 Å². The zero-order valence-corrected chi connectivity index (χ0v) is 13.3. The van der Waals surface area contributed by atoms with Gasteiger partial charge in [-0.05, 0) is 25.5 Å². The minimum atomic E-state index is -1.09. The normalized spacial score (nSPS) is 11.4. The average molecular weight is 322 g/mol. The Morgan fingerprint density at radius 2 is 1.91 bits per heavy atom. The van der Waals surface area contributed by atoms with E-state index in [1.807, 2.05) is 13.0 Å². The fraction of sp³-hybridized carbons (Fsp3) is 0.438. The van der Waals surface area contributed by atoms with Crippen molar-refractivity contribution in [3.63, 3.8) is 0 Å². The smallest absolute Gasteiger partial charge is 0.323 e. The monoisotopic (exact) mass is 322 g/mol. The summed E-state index contributed by atoms with van der Waals surface area (Å²) < 4.78 is 5.26. The molecule has 0 aliphatic rings. The summed E-state index contributed by atoms with van der Waals surface area (Å²) in [5.74, 6) is -1.41. The van der Waals surface area contributed by atoms with Crippen LogP contribution in [0.4, 0.5) is 0 Å². The summed E-state index contributed by atoms with van der Waals surface area (Å²) in [4.78, 5) is 35.8. The Kier molecular flexibility index (Phi) is 7.59. The first-order valence-electron chi connectivity index (χ1n) is 7.39. The standard InChI is InChI=1S/C16H22N2O5/c1-3-12(2)18(10-16(21)22)15(20)9-17-14(19)11-23-13-7-5-4-6-8-13/h4-8,12H,3,9-11H2,1-2H3,(H,17,19)(H,21,22). The molecule has 7 heteroatoms. The van der Waals surface area contributed by atoms with Gasteiger partial charge in [0, 0.05) is 6.04 Å². The second-order valence-corrected chi connectivity index (χ2v) is 5.05. The fourth-order valence-corrected chi connectivity index (χ4v) is 1.85. The number of hydrogen-bond acceptors (Lipinski definition) is 4. The number of nitrogens with zero attached hydrogens (tertiary/aromatic N) is 1. The average Bonchev–Trinajstić information content (AvgIpc) is 2.55. The molecule has 0 aliphatic heterocycles. The molecule has 1 atom stereocenters. The number of hydrogen-bond donors (Lipinski definition) is 2. The first-order valence-corrected chi connectivity index (χ1v) is 7.39. The summed E-state index contributed by atoms with van der Waals surface area (Å²) in [7, 11) is 0. The quantitative estimate of drug-likeness (QED) is 0.704. The topological polar surface area (TPSA) is 95.9 Å². The first kappa shape index (κ1) is 18.5. The van der Waals surface area contributed by atoms with Crippen LogP contribution >= 0.6 is 0 Å². The Labute approximate surface area is 135 Å². The molecule has 1 aromatic rings. The van der Waals surface area contributed by atoms with Gasteiger partial charge in [0.05, 0.1) is 6.54 Å². The number of nitrogens with one attached hydrogen (secondary N) is 1. The van der Waals surface area contributed by atoms with E-state index in [-0.39, 0.29) is 25.7 Å². The number of aliphatic carboxylic acids is 1. The van der Waals surface area contributed by atoms with E-state index in [0.717, 1.165) is 0 Å². The molecule has 0 heterocycles. The number of carboxylic acids is 1. The van der Waals surface area contributed by atoms with Gasteiger partial charge in [-0.25, -0.2) is 0 Å². The van der Waals surface area contributed by atoms with E-state index < -0.39 is 17.8 Å². The largest absolute Gasteiger partial charge is 0.484 e. The number of ether oxygens (including phenoxy) is 1. The second-order valence-electron chi connectivity index (χ2n) is 5.05. The van der Waals surface area contributed by atoms with Crippen molar-refractivity contribution in [2.45, 2.75) is 26.3 Å². The third kappa shape index (κ3) is 6.82. The molecule has 0 saturated heterocycles. The van der Waals surface area contributed by atoms with Crippen molar-refractivity contribution in [3.05, 3.63) is 30.3 Å². The maximum absolute atomic E-state index is 12.1. The zero-order chi connectivity index (χ0) is 17.2. The number of carbonyl (C=O) groups excluding carboxylic acids is 2. The summed E-state index contributed by atoms with van der Waals surface area (Å²) >= 11 is 0. The van der Waals surface area contributed by atoms with E-state index in [9.17, 15) is 14.4 Å². The van der Waals surface area contributed by atoms with Crippen LogP contribution in [0.2, 0.25) is 0 Å².